The van der Waals surface area contributed by atoms with E-state index >= 15 is 0 Å². The number of aryl methyl sites for hydroxylation is 1. The van der Waals surface area contributed by atoms with Crippen molar-refractivity contribution in [2.24, 2.45) is 0 Å². The predicted octanol–water partition coefficient (Wildman–Crippen LogP) is 3.57. The molecule has 0 spiro atoms. The number of carbonyl (C=O) groups excluding carboxylic acids is 1. The SMILES string of the molecule is CCc1ccc(-c2csc(NC(=O)CSCC#N)n2)cc1. The first-order valence-electron chi connectivity index (χ1n) is 6.52. The molecular formula is C15H15N3OS2. The van der Waals surface area contributed by atoms with Crippen LogP contribution in [0.25, 0.3) is 11.3 Å². The van der Waals surface area contributed by atoms with Crippen LogP contribution in [0.1, 0.15) is 12.5 Å². The number of aromatic nitrogens is 1. The molecular weight excluding hydrogens is 302 g/mol. The minimum absolute atomic E-state index is 0.127. The second-order valence-electron chi connectivity index (χ2n) is 4.29. The molecule has 0 saturated carbocycles. The van der Waals surface area contributed by atoms with Gasteiger partial charge in [-0.3, -0.25) is 4.79 Å². The van der Waals surface area contributed by atoms with E-state index in [9.17, 15) is 4.79 Å². The van der Waals surface area contributed by atoms with Gasteiger partial charge in [0.15, 0.2) is 5.13 Å². The van der Waals surface area contributed by atoms with Crippen LogP contribution in [0, 0.1) is 11.3 Å². The molecule has 0 aliphatic rings. The standard InChI is InChI=1S/C15H15N3OS2/c1-2-11-3-5-12(6-4-11)13-9-21-15(17-13)18-14(19)10-20-8-7-16/h3-6,9H,2,8,10H2,1H3,(H,17,18,19). The van der Waals surface area contributed by atoms with E-state index in [-0.39, 0.29) is 11.7 Å². The van der Waals surface area contributed by atoms with Crippen molar-refractivity contribution in [2.75, 3.05) is 16.8 Å². The number of nitriles is 1. The lowest BCUT2D eigenvalue weighted by atomic mass is 10.1. The van der Waals surface area contributed by atoms with Gasteiger partial charge in [-0.1, -0.05) is 31.2 Å². The Morgan fingerprint density at radius 3 is 2.86 bits per heavy atom. The fourth-order valence-electron chi connectivity index (χ4n) is 1.72. The van der Waals surface area contributed by atoms with Crippen molar-refractivity contribution in [1.29, 1.82) is 5.26 Å². The number of carbonyl (C=O) groups is 1. The molecule has 0 atom stereocenters. The van der Waals surface area contributed by atoms with Crippen LogP contribution < -0.4 is 5.32 Å². The number of hydrogen-bond donors (Lipinski definition) is 1. The predicted molar refractivity (Wildman–Crippen MR) is 88.5 cm³/mol. The topological polar surface area (TPSA) is 65.8 Å². The fraction of sp³-hybridized carbons (Fsp3) is 0.267. The third-order valence-electron chi connectivity index (χ3n) is 2.81. The Labute approximate surface area is 132 Å². The molecule has 1 N–H and O–H groups in total. The normalized spacial score (nSPS) is 10.1. The van der Waals surface area contributed by atoms with Crippen molar-refractivity contribution in [1.82, 2.24) is 4.98 Å². The second-order valence-corrected chi connectivity index (χ2v) is 6.13. The van der Waals surface area contributed by atoms with Crippen molar-refractivity contribution in [2.45, 2.75) is 13.3 Å². The molecule has 1 amide bonds. The van der Waals surface area contributed by atoms with E-state index in [1.165, 1.54) is 28.7 Å². The lowest BCUT2D eigenvalue weighted by Gasteiger charge is -2.00. The summed E-state index contributed by atoms with van der Waals surface area (Å²) in [6, 6.07) is 10.3. The first-order chi connectivity index (χ1) is 10.2. The smallest absolute Gasteiger partial charge is 0.236 e. The molecule has 0 bridgehead atoms. The second kappa shape index (κ2) is 7.81. The van der Waals surface area contributed by atoms with Crippen molar-refractivity contribution < 1.29 is 4.79 Å². The zero-order chi connectivity index (χ0) is 15.1. The van der Waals surface area contributed by atoms with Crippen LogP contribution in [0.4, 0.5) is 5.13 Å². The van der Waals surface area contributed by atoms with Crippen LogP contribution in [0.15, 0.2) is 29.6 Å². The Morgan fingerprint density at radius 2 is 2.19 bits per heavy atom. The van der Waals surface area contributed by atoms with Gasteiger partial charge in [-0.15, -0.1) is 23.1 Å². The third kappa shape index (κ3) is 4.59. The first-order valence-corrected chi connectivity index (χ1v) is 8.55. The fourth-order valence-corrected chi connectivity index (χ4v) is 2.91. The highest BCUT2D eigenvalue weighted by Crippen LogP contribution is 2.25. The van der Waals surface area contributed by atoms with Crippen molar-refractivity contribution >= 4 is 34.1 Å². The molecule has 1 heterocycles. The lowest BCUT2D eigenvalue weighted by Crippen LogP contribution is -2.14. The maximum absolute atomic E-state index is 11.6. The molecule has 1 aromatic carbocycles. The summed E-state index contributed by atoms with van der Waals surface area (Å²) in [6.07, 6.45) is 1.01. The third-order valence-corrected chi connectivity index (χ3v) is 4.37. The molecule has 0 fully saturated rings. The van der Waals surface area contributed by atoms with Crippen LogP contribution in [-0.2, 0) is 11.2 Å². The van der Waals surface area contributed by atoms with E-state index < -0.39 is 0 Å². The zero-order valence-electron chi connectivity index (χ0n) is 11.6. The highest BCUT2D eigenvalue weighted by molar-refractivity contribution is 8.00. The molecule has 2 aromatic rings. The summed E-state index contributed by atoms with van der Waals surface area (Å²) in [6.45, 7) is 2.12. The number of thiazole rings is 1. The quantitative estimate of drug-likeness (QED) is 0.827. The van der Waals surface area contributed by atoms with Gasteiger partial charge >= 0.3 is 0 Å². The van der Waals surface area contributed by atoms with Gasteiger partial charge in [-0.2, -0.15) is 5.26 Å². The van der Waals surface area contributed by atoms with Gasteiger partial charge in [0.2, 0.25) is 5.91 Å². The van der Waals surface area contributed by atoms with Crippen LogP contribution in [0.5, 0.6) is 0 Å². The Bertz CT molecular complexity index is 644. The molecule has 2 rings (SSSR count). The number of nitrogens with one attached hydrogen (secondary N) is 1. The maximum atomic E-state index is 11.6. The summed E-state index contributed by atoms with van der Waals surface area (Å²) in [5.41, 5.74) is 3.20. The van der Waals surface area contributed by atoms with Crippen LogP contribution >= 0.6 is 23.1 Å². The molecule has 0 aliphatic carbocycles. The lowest BCUT2D eigenvalue weighted by molar-refractivity contribution is -0.113. The van der Waals surface area contributed by atoms with Gasteiger partial charge in [0.05, 0.1) is 23.3 Å². The van der Waals surface area contributed by atoms with Crippen molar-refractivity contribution in [3.05, 3.63) is 35.2 Å². The number of anilines is 1. The Kier molecular flexibility index (Phi) is 5.78. The number of nitrogens with zero attached hydrogens (tertiary/aromatic N) is 2. The summed E-state index contributed by atoms with van der Waals surface area (Å²) in [5, 5.41) is 13.7. The van der Waals surface area contributed by atoms with Crippen molar-refractivity contribution in [3.8, 4) is 17.3 Å². The number of benzene rings is 1. The number of thioether (sulfide) groups is 1. The Morgan fingerprint density at radius 1 is 1.43 bits per heavy atom. The number of hydrogen-bond acceptors (Lipinski definition) is 5. The largest absolute Gasteiger partial charge is 0.301 e. The minimum atomic E-state index is -0.127. The highest BCUT2D eigenvalue weighted by atomic mass is 32.2. The molecule has 21 heavy (non-hydrogen) atoms. The van der Waals surface area contributed by atoms with Gasteiger partial charge in [0.1, 0.15) is 0 Å². The van der Waals surface area contributed by atoms with E-state index in [0.717, 1.165) is 17.7 Å². The van der Waals surface area contributed by atoms with E-state index in [2.05, 4.69) is 29.4 Å². The molecule has 0 saturated heterocycles. The van der Waals surface area contributed by atoms with Gasteiger partial charge in [0, 0.05) is 10.9 Å². The summed E-state index contributed by atoms with van der Waals surface area (Å²) < 4.78 is 0. The van der Waals surface area contributed by atoms with E-state index in [0.29, 0.717) is 10.9 Å². The summed E-state index contributed by atoms with van der Waals surface area (Å²) in [4.78, 5) is 16.1. The van der Waals surface area contributed by atoms with E-state index in [1.807, 2.05) is 23.6 Å². The maximum Gasteiger partial charge on any atom is 0.236 e. The van der Waals surface area contributed by atoms with Gasteiger partial charge in [0.25, 0.3) is 0 Å². The molecule has 0 unspecified atom stereocenters. The average Bonchev–Trinajstić information content (AvgIpc) is 2.96. The van der Waals surface area contributed by atoms with Gasteiger partial charge in [-0.25, -0.2) is 4.98 Å². The zero-order valence-corrected chi connectivity index (χ0v) is 13.3. The summed E-state index contributed by atoms with van der Waals surface area (Å²) >= 11 is 2.70. The van der Waals surface area contributed by atoms with E-state index in [4.69, 9.17) is 5.26 Å². The van der Waals surface area contributed by atoms with Crippen LogP contribution in [0.2, 0.25) is 0 Å². The van der Waals surface area contributed by atoms with Gasteiger partial charge in [-0.05, 0) is 12.0 Å². The van der Waals surface area contributed by atoms with Crippen LogP contribution in [0.3, 0.4) is 0 Å². The van der Waals surface area contributed by atoms with Gasteiger partial charge < -0.3 is 5.32 Å². The average molecular weight is 317 g/mol. The van der Waals surface area contributed by atoms with Crippen LogP contribution in [-0.4, -0.2) is 22.4 Å². The number of amides is 1. The molecule has 1 aromatic heterocycles. The molecule has 4 nitrogen and oxygen atoms in total. The highest BCUT2D eigenvalue weighted by Gasteiger charge is 2.08. The molecule has 0 aliphatic heterocycles. The molecule has 0 radical (unpaired) electrons. The molecule has 108 valence electrons. The van der Waals surface area contributed by atoms with Crippen molar-refractivity contribution in [3.63, 3.8) is 0 Å². The first kappa shape index (κ1) is 15.5. The summed E-state index contributed by atoms with van der Waals surface area (Å²) in [7, 11) is 0. The number of rotatable bonds is 6. The molecule has 6 heteroatoms. The Balaban J connectivity index is 1.97. The monoisotopic (exact) mass is 317 g/mol. The Hall–Kier alpha value is -1.84. The summed E-state index contributed by atoms with van der Waals surface area (Å²) in [5.74, 6) is 0.464. The van der Waals surface area contributed by atoms with E-state index in [1.54, 1.807) is 0 Å². The minimum Gasteiger partial charge on any atom is -0.301 e.